The van der Waals surface area contributed by atoms with Crippen LogP contribution in [-0.2, 0) is 26.2 Å². The molecule has 3 N–H and O–H groups in total. The Morgan fingerprint density at radius 1 is 1.29 bits per heavy atom. The molecule has 0 amide bonds. The first-order valence-electron chi connectivity index (χ1n) is 7.16. The average molecular weight is 366 g/mol. The summed E-state index contributed by atoms with van der Waals surface area (Å²) in [6, 6.07) is 4.47. The molecule has 0 spiro atoms. The lowest BCUT2D eigenvalue weighted by atomic mass is 9.93. The Kier molecular flexibility index (Phi) is 6.18. The van der Waals surface area contributed by atoms with Crippen LogP contribution in [-0.4, -0.2) is 27.5 Å². The molecule has 5 nitrogen and oxygen atoms in total. The van der Waals surface area contributed by atoms with Gasteiger partial charge < -0.3 is 10.5 Å². The van der Waals surface area contributed by atoms with Crippen molar-refractivity contribution >= 4 is 17.0 Å². The first kappa shape index (κ1) is 20.6. The Hall–Kier alpha value is -1.45. The zero-order valence-corrected chi connectivity index (χ0v) is 14.7. The van der Waals surface area contributed by atoms with Gasteiger partial charge in [0.25, 0.3) is 0 Å². The van der Waals surface area contributed by atoms with Crippen molar-refractivity contribution in [3.8, 4) is 0 Å². The number of nitrogens with two attached hydrogens (primary N) is 1. The molecule has 2 atom stereocenters. The summed E-state index contributed by atoms with van der Waals surface area (Å²) in [7, 11) is -2.11. The minimum Gasteiger partial charge on any atom is -0.461 e. The third-order valence-corrected chi connectivity index (χ3v) is 4.76. The van der Waals surface area contributed by atoms with Crippen LogP contribution in [0.3, 0.4) is 0 Å². The normalized spacial score (nSPS) is 16.3. The SMILES string of the molecule is CCOC(=O)C(F)(F)[C@](N)(N[S@@](=O)C(C)(C)C)c1ccccc1F. The second-order valence-corrected chi connectivity index (χ2v) is 8.03. The lowest BCUT2D eigenvalue weighted by Crippen LogP contribution is -2.67. The summed E-state index contributed by atoms with van der Waals surface area (Å²) in [6.07, 6.45) is 0. The molecule has 0 unspecified atom stereocenters. The van der Waals surface area contributed by atoms with Gasteiger partial charge in [-0.1, -0.05) is 18.2 Å². The molecule has 0 bridgehead atoms. The maximum absolute atomic E-state index is 14.7. The van der Waals surface area contributed by atoms with Gasteiger partial charge in [-0.05, 0) is 33.8 Å². The van der Waals surface area contributed by atoms with Crippen LogP contribution in [0.1, 0.15) is 33.3 Å². The van der Waals surface area contributed by atoms with Gasteiger partial charge in [0.05, 0.1) is 22.3 Å². The van der Waals surface area contributed by atoms with Gasteiger partial charge in [0, 0.05) is 5.56 Å². The number of nitrogens with one attached hydrogen (secondary N) is 1. The van der Waals surface area contributed by atoms with Gasteiger partial charge >= 0.3 is 11.9 Å². The van der Waals surface area contributed by atoms with Crippen LogP contribution in [0.2, 0.25) is 0 Å². The van der Waals surface area contributed by atoms with Gasteiger partial charge in [-0.15, -0.1) is 0 Å². The van der Waals surface area contributed by atoms with Crippen LogP contribution < -0.4 is 10.5 Å². The van der Waals surface area contributed by atoms with Crippen molar-refractivity contribution in [2.45, 2.75) is 44.0 Å². The predicted molar refractivity (Wildman–Crippen MR) is 84.9 cm³/mol. The first-order chi connectivity index (χ1) is 10.9. The van der Waals surface area contributed by atoms with Crippen molar-refractivity contribution in [3.63, 3.8) is 0 Å². The fraction of sp³-hybridized carbons (Fsp3) is 0.533. The molecular formula is C15H21F3N2O3S. The van der Waals surface area contributed by atoms with Gasteiger partial charge in [-0.2, -0.15) is 8.78 Å². The Morgan fingerprint density at radius 2 is 1.83 bits per heavy atom. The van der Waals surface area contributed by atoms with E-state index in [4.69, 9.17) is 5.73 Å². The molecule has 0 heterocycles. The Bertz CT molecular complexity index is 635. The summed E-state index contributed by atoms with van der Waals surface area (Å²) in [4.78, 5) is 11.7. The van der Waals surface area contributed by atoms with Crippen LogP contribution in [0.5, 0.6) is 0 Å². The Morgan fingerprint density at radius 3 is 2.29 bits per heavy atom. The summed E-state index contributed by atoms with van der Waals surface area (Å²) < 4.78 is 61.2. The standard InChI is InChI=1S/C15H21F3N2O3S/c1-5-23-12(21)14(17,18)15(19,20-24(22)13(2,3)4)10-8-6-7-9-11(10)16/h6-9,20H,5,19H2,1-4H3/t15-,24+/m1/s1. The van der Waals surface area contributed by atoms with Crippen LogP contribution in [0.25, 0.3) is 0 Å². The minimum atomic E-state index is -4.37. The highest BCUT2D eigenvalue weighted by molar-refractivity contribution is 7.84. The highest BCUT2D eigenvalue weighted by Crippen LogP contribution is 2.37. The molecule has 1 aromatic carbocycles. The Balaban J connectivity index is 3.50. The van der Waals surface area contributed by atoms with Crippen molar-refractivity contribution in [2.75, 3.05) is 6.61 Å². The smallest absolute Gasteiger partial charge is 0.380 e. The highest BCUT2D eigenvalue weighted by atomic mass is 32.2. The molecule has 0 saturated carbocycles. The van der Waals surface area contributed by atoms with Crippen LogP contribution >= 0.6 is 0 Å². The fourth-order valence-corrected chi connectivity index (χ4v) is 2.59. The molecule has 0 aromatic heterocycles. The average Bonchev–Trinajstić information content (AvgIpc) is 2.46. The summed E-state index contributed by atoms with van der Waals surface area (Å²) >= 11 is 0. The van der Waals surface area contributed by atoms with Gasteiger partial charge in [-0.3, -0.25) is 0 Å². The summed E-state index contributed by atoms with van der Waals surface area (Å²) in [5.74, 6) is -7.37. The number of hydrogen-bond donors (Lipinski definition) is 2. The lowest BCUT2D eigenvalue weighted by Gasteiger charge is -2.37. The lowest BCUT2D eigenvalue weighted by molar-refractivity contribution is -0.184. The molecule has 0 aliphatic carbocycles. The van der Waals surface area contributed by atoms with Gasteiger partial charge in [-0.25, -0.2) is 18.1 Å². The largest absolute Gasteiger partial charge is 0.461 e. The van der Waals surface area contributed by atoms with E-state index in [9.17, 15) is 22.2 Å². The van der Waals surface area contributed by atoms with E-state index in [2.05, 4.69) is 4.74 Å². The van der Waals surface area contributed by atoms with E-state index >= 15 is 0 Å². The zero-order valence-electron chi connectivity index (χ0n) is 13.9. The van der Waals surface area contributed by atoms with E-state index < -0.39 is 44.7 Å². The van der Waals surface area contributed by atoms with Crippen molar-refractivity contribution < 1.29 is 26.9 Å². The maximum atomic E-state index is 14.7. The summed E-state index contributed by atoms with van der Waals surface area (Å²) in [5, 5.41) is 0. The summed E-state index contributed by atoms with van der Waals surface area (Å²) in [5.41, 5.74) is 1.99. The van der Waals surface area contributed by atoms with E-state index in [-0.39, 0.29) is 6.61 Å². The molecule has 0 aliphatic heterocycles. The third-order valence-electron chi connectivity index (χ3n) is 3.14. The molecule has 0 saturated heterocycles. The van der Waals surface area contributed by atoms with Crippen molar-refractivity contribution in [1.29, 1.82) is 0 Å². The number of esters is 1. The van der Waals surface area contributed by atoms with E-state index in [0.29, 0.717) is 0 Å². The molecular weight excluding hydrogens is 345 g/mol. The van der Waals surface area contributed by atoms with Crippen LogP contribution in [0.4, 0.5) is 13.2 Å². The van der Waals surface area contributed by atoms with Gasteiger partial charge in [0.2, 0.25) is 0 Å². The van der Waals surface area contributed by atoms with Crippen LogP contribution in [0, 0.1) is 5.82 Å². The molecule has 0 aliphatic rings. The number of carbonyl (C=O) groups is 1. The van der Waals surface area contributed by atoms with Crippen molar-refractivity contribution in [1.82, 2.24) is 4.72 Å². The quantitative estimate of drug-likeness (QED) is 0.597. The van der Waals surface area contributed by atoms with Crippen molar-refractivity contribution in [3.05, 3.63) is 35.6 Å². The van der Waals surface area contributed by atoms with E-state index in [0.717, 1.165) is 12.1 Å². The monoisotopic (exact) mass is 366 g/mol. The van der Waals surface area contributed by atoms with Gasteiger partial charge in [0.1, 0.15) is 5.82 Å². The fourth-order valence-electron chi connectivity index (χ4n) is 1.75. The summed E-state index contributed by atoms with van der Waals surface area (Å²) in [6.45, 7) is 5.57. The second-order valence-electron chi connectivity index (χ2n) is 6.07. The maximum Gasteiger partial charge on any atom is 0.380 e. The molecule has 1 aromatic rings. The van der Waals surface area contributed by atoms with E-state index in [1.165, 1.54) is 39.8 Å². The van der Waals surface area contributed by atoms with Crippen LogP contribution in [0.15, 0.2) is 24.3 Å². The minimum absolute atomic E-state index is 0.315. The molecule has 24 heavy (non-hydrogen) atoms. The zero-order chi connectivity index (χ0) is 18.8. The number of halogens is 3. The number of benzene rings is 1. The third kappa shape index (κ3) is 3.96. The highest BCUT2D eigenvalue weighted by Gasteiger charge is 2.61. The van der Waals surface area contributed by atoms with Crippen molar-refractivity contribution in [2.24, 2.45) is 5.73 Å². The molecule has 9 heteroatoms. The molecule has 0 radical (unpaired) electrons. The molecule has 0 fully saturated rings. The molecule has 136 valence electrons. The topological polar surface area (TPSA) is 81.4 Å². The number of ether oxygens (including phenoxy) is 1. The number of hydrogen-bond acceptors (Lipinski definition) is 4. The van der Waals surface area contributed by atoms with Gasteiger partial charge in [0.15, 0.2) is 5.66 Å². The first-order valence-corrected chi connectivity index (χ1v) is 8.31. The second kappa shape index (κ2) is 7.20. The number of alkyl halides is 2. The molecule has 1 rings (SSSR count). The number of rotatable bonds is 6. The number of carbonyl (C=O) groups excluding carboxylic acids is 1. The van der Waals surface area contributed by atoms with E-state index in [1.54, 1.807) is 0 Å². The predicted octanol–water partition coefficient (Wildman–Crippen LogP) is 2.19. The van der Waals surface area contributed by atoms with E-state index in [1.807, 2.05) is 4.72 Å². The Labute approximate surface area is 141 Å².